The van der Waals surface area contributed by atoms with Crippen LogP contribution in [0.25, 0.3) is 0 Å². The number of nitrogens with one attached hydrogen (secondary N) is 1. The van der Waals surface area contributed by atoms with Crippen molar-refractivity contribution in [3.8, 4) is 0 Å². The maximum absolute atomic E-state index is 12.1. The number of primary amides is 1. The van der Waals surface area contributed by atoms with E-state index >= 15 is 0 Å². The molecule has 1 atom stereocenters. The molecule has 2 amide bonds. The first-order chi connectivity index (χ1) is 10.5. The quantitative estimate of drug-likeness (QED) is 0.665. The maximum Gasteiger partial charge on any atom is 0.240 e. The Labute approximate surface area is 141 Å². The molecule has 0 aromatic heterocycles. The summed E-state index contributed by atoms with van der Waals surface area (Å²) in [7, 11) is -1.84. The second-order valence-corrected chi connectivity index (χ2v) is 13.1. The SMILES string of the molecule is CC(C)(C)[Si](C)(C)OCC[C@H](NC(=O)CC1CCCC1)C(N)=O. The number of nitrogens with two attached hydrogens (primary N) is 1. The van der Waals surface area contributed by atoms with Gasteiger partial charge in [0.1, 0.15) is 6.04 Å². The molecule has 0 radical (unpaired) electrons. The van der Waals surface area contributed by atoms with Gasteiger partial charge in [-0.3, -0.25) is 9.59 Å². The van der Waals surface area contributed by atoms with Crippen molar-refractivity contribution in [3.05, 3.63) is 0 Å². The summed E-state index contributed by atoms with van der Waals surface area (Å²) in [6.07, 6.45) is 5.59. The highest BCUT2D eigenvalue weighted by Crippen LogP contribution is 2.36. The summed E-state index contributed by atoms with van der Waals surface area (Å²) in [5.41, 5.74) is 5.43. The molecule has 1 saturated carbocycles. The molecule has 0 heterocycles. The number of rotatable bonds is 8. The lowest BCUT2D eigenvalue weighted by Crippen LogP contribution is -2.47. The van der Waals surface area contributed by atoms with Crippen LogP contribution in [-0.2, 0) is 14.0 Å². The van der Waals surface area contributed by atoms with E-state index in [1.807, 2.05) is 0 Å². The Bertz CT molecular complexity index is 413. The molecule has 23 heavy (non-hydrogen) atoms. The molecule has 0 bridgehead atoms. The summed E-state index contributed by atoms with van der Waals surface area (Å²) < 4.78 is 6.07. The number of amides is 2. The summed E-state index contributed by atoms with van der Waals surface area (Å²) in [5.74, 6) is -0.0800. The second kappa shape index (κ2) is 8.28. The van der Waals surface area contributed by atoms with Gasteiger partial charge in [-0.15, -0.1) is 0 Å². The lowest BCUT2D eigenvalue weighted by atomic mass is 10.0. The summed E-state index contributed by atoms with van der Waals surface area (Å²) >= 11 is 0. The summed E-state index contributed by atoms with van der Waals surface area (Å²) in [6, 6.07) is -0.631. The highest BCUT2D eigenvalue weighted by Gasteiger charge is 2.37. The summed E-state index contributed by atoms with van der Waals surface area (Å²) in [4.78, 5) is 23.7. The van der Waals surface area contributed by atoms with Crippen LogP contribution in [0.3, 0.4) is 0 Å². The number of carbonyl (C=O) groups excluding carboxylic acids is 2. The van der Waals surface area contributed by atoms with Crippen molar-refractivity contribution in [1.82, 2.24) is 5.32 Å². The Morgan fingerprint density at radius 2 is 1.83 bits per heavy atom. The Hall–Kier alpha value is -0.883. The van der Waals surface area contributed by atoms with E-state index in [-0.39, 0.29) is 10.9 Å². The molecule has 134 valence electrons. The monoisotopic (exact) mass is 342 g/mol. The van der Waals surface area contributed by atoms with Crippen molar-refractivity contribution in [3.63, 3.8) is 0 Å². The zero-order valence-corrected chi connectivity index (χ0v) is 16.4. The van der Waals surface area contributed by atoms with Gasteiger partial charge in [-0.2, -0.15) is 0 Å². The minimum atomic E-state index is -1.84. The molecule has 3 N–H and O–H groups in total. The molecule has 6 heteroatoms. The van der Waals surface area contributed by atoms with Gasteiger partial charge < -0.3 is 15.5 Å². The highest BCUT2D eigenvalue weighted by molar-refractivity contribution is 6.74. The first-order valence-electron chi connectivity index (χ1n) is 8.75. The Morgan fingerprint density at radius 1 is 1.26 bits per heavy atom. The van der Waals surface area contributed by atoms with Crippen LogP contribution in [0.2, 0.25) is 18.1 Å². The van der Waals surface area contributed by atoms with Gasteiger partial charge in [0.25, 0.3) is 0 Å². The number of hydrogen-bond donors (Lipinski definition) is 2. The fourth-order valence-corrected chi connectivity index (χ4v) is 3.73. The highest BCUT2D eigenvalue weighted by atomic mass is 28.4. The molecular weight excluding hydrogens is 308 g/mol. The third-order valence-electron chi connectivity index (χ3n) is 5.30. The zero-order valence-electron chi connectivity index (χ0n) is 15.4. The van der Waals surface area contributed by atoms with Crippen molar-refractivity contribution >= 4 is 20.1 Å². The minimum Gasteiger partial charge on any atom is -0.417 e. The normalized spacial score (nSPS) is 18.0. The first-order valence-corrected chi connectivity index (χ1v) is 11.7. The third-order valence-corrected chi connectivity index (χ3v) is 9.84. The van der Waals surface area contributed by atoms with Crippen molar-refractivity contribution in [1.29, 1.82) is 0 Å². The van der Waals surface area contributed by atoms with Crippen molar-refractivity contribution < 1.29 is 14.0 Å². The fourth-order valence-electron chi connectivity index (χ4n) is 2.66. The number of carbonyl (C=O) groups is 2. The van der Waals surface area contributed by atoms with Gasteiger partial charge in [0.15, 0.2) is 8.32 Å². The van der Waals surface area contributed by atoms with E-state index in [0.29, 0.717) is 25.4 Å². The van der Waals surface area contributed by atoms with Gasteiger partial charge in [0, 0.05) is 13.0 Å². The minimum absolute atomic E-state index is 0.0620. The Balaban J connectivity index is 2.43. The summed E-state index contributed by atoms with van der Waals surface area (Å²) in [5, 5.41) is 2.92. The predicted molar refractivity (Wildman–Crippen MR) is 95.5 cm³/mol. The van der Waals surface area contributed by atoms with Gasteiger partial charge in [-0.1, -0.05) is 33.6 Å². The van der Waals surface area contributed by atoms with E-state index in [4.69, 9.17) is 10.2 Å². The van der Waals surface area contributed by atoms with Crippen LogP contribution in [0.5, 0.6) is 0 Å². The van der Waals surface area contributed by atoms with E-state index in [1.54, 1.807) is 0 Å². The van der Waals surface area contributed by atoms with E-state index in [2.05, 4.69) is 39.2 Å². The zero-order chi connectivity index (χ0) is 17.7. The van der Waals surface area contributed by atoms with Crippen LogP contribution in [0, 0.1) is 5.92 Å². The van der Waals surface area contributed by atoms with Crippen LogP contribution < -0.4 is 11.1 Å². The first kappa shape index (κ1) is 20.2. The van der Waals surface area contributed by atoms with E-state index in [9.17, 15) is 9.59 Å². The van der Waals surface area contributed by atoms with Crippen molar-refractivity contribution in [2.24, 2.45) is 11.7 Å². The average Bonchev–Trinajstić information content (AvgIpc) is 2.88. The molecule has 0 saturated heterocycles. The molecule has 0 aromatic carbocycles. The standard InChI is InChI=1S/C17H34N2O3Si/c1-17(2,3)23(4,5)22-11-10-14(16(18)21)19-15(20)12-13-8-6-7-9-13/h13-14H,6-12H2,1-5H3,(H2,18,21)(H,19,20)/t14-/m0/s1. The second-order valence-electron chi connectivity index (χ2n) is 8.27. The van der Waals surface area contributed by atoms with Crippen LogP contribution >= 0.6 is 0 Å². The Kier molecular flexibility index (Phi) is 7.26. The van der Waals surface area contributed by atoms with Crippen LogP contribution in [0.1, 0.15) is 59.3 Å². The van der Waals surface area contributed by atoms with Crippen LogP contribution in [0.15, 0.2) is 0 Å². The molecular formula is C17H34N2O3Si. The van der Waals surface area contributed by atoms with E-state index in [1.165, 1.54) is 12.8 Å². The van der Waals surface area contributed by atoms with Crippen LogP contribution in [-0.4, -0.2) is 32.8 Å². The molecule has 1 aliphatic rings. The molecule has 0 unspecified atom stereocenters. The Morgan fingerprint density at radius 3 is 2.30 bits per heavy atom. The van der Waals surface area contributed by atoms with Gasteiger partial charge >= 0.3 is 0 Å². The van der Waals surface area contributed by atoms with Gasteiger partial charge in [-0.05, 0) is 43.3 Å². The maximum atomic E-state index is 12.1. The third kappa shape index (κ3) is 6.63. The van der Waals surface area contributed by atoms with E-state index < -0.39 is 20.3 Å². The topological polar surface area (TPSA) is 81.4 Å². The lowest BCUT2D eigenvalue weighted by Gasteiger charge is -2.36. The average molecular weight is 343 g/mol. The molecule has 0 aromatic rings. The molecule has 1 fully saturated rings. The molecule has 0 spiro atoms. The van der Waals surface area contributed by atoms with Gasteiger partial charge in [0.2, 0.25) is 11.8 Å². The van der Waals surface area contributed by atoms with Gasteiger partial charge in [0.05, 0.1) is 0 Å². The predicted octanol–water partition coefficient (Wildman–Crippen LogP) is 2.95. The van der Waals surface area contributed by atoms with E-state index in [0.717, 1.165) is 12.8 Å². The molecule has 1 rings (SSSR count). The van der Waals surface area contributed by atoms with Crippen LogP contribution in [0.4, 0.5) is 0 Å². The van der Waals surface area contributed by atoms with Gasteiger partial charge in [-0.25, -0.2) is 0 Å². The molecule has 0 aliphatic heterocycles. The lowest BCUT2D eigenvalue weighted by molar-refractivity contribution is -0.128. The number of hydrogen-bond acceptors (Lipinski definition) is 3. The smallest absolute Gasteiger partial charge is 0.240 e. The fraction of sp³-hybridized carbons (Fsp3) is 0.882. The van der Waals surface area contributed by atoms with Crippen molar-refractivity contribution in [2.45, 2.75) is 83.5 Å². The molecule has 5 nitrogen and oxygen atoms in total. The molecule has 1 aliphatic carbocycles. The largest absolute Gasteiger partial charge is 0.417 e. The summed E-state index contributed by atoms with van der Waals surface area (Å²) in [6.45, 7) is 11.3. The van der Waals surface area contributed by atoms with Crippen molar-refractivity contribution in [2.75, 3.05) is 6.61 Å².